The summed E-state index contributed by atoms with van der Waals surface area (Å²) < 4.78 is 4.59. The Morgan fingerprint density at radius 1 is 1.09 bits per heavy atom. The Balaban J connectivity index is 2.15. The van der Waals surface area contributed by atoms with Crippen molar-refractivity contribution in [2.24, 2.45) is 0 Å². The van der Waals surface area contributed by atoms with Crippen LogP contribution in [0.5, 0.6) is 0 Å². The molecule has 0 aromatic heterocycles. The van der Waals surface area contributed by atoms with Crippen molar-refractivity contribution >= 4 is 24.5 Å². The fourth-order valence-corrected chi connectivity index (χ4v) is 2.59. The van der Waals surface area contributed by atoms with Crippen LogP contribution in [0.3, 0.4) is 0 Å². The van der Waals surface area contributed by atoms with Gasteiger partial charge < -0.3 is 10.1 Å². The third kappa shape index (κ3) is 9.29. The monoisotopic (exact) mass is 337 g/mol. The van der Waals surface area contributed by atoms with Crippen LogP contribution in [0.2, 0.25) is 0 Å². The highest BCUT2D eigenvalue weighted by atomic mass is 32.1. The van der Waals surface area contributed by atoms with Crippen molar-refractivity contribution < 1.29 is 14.3 Å². The molecule has 0 bridgehead atoms. The maximum absolute atomic E-state index is 12.0. The van der Waals surface area contributed by atoms with Crippen LogP contribution in [0, 0.1) is 0 Å². The van der Waals surface area contributed by atoms with Gasteiger partial charge >= 0.3 is 5.97 Å². The topological polar surface area (TPSA) is 55.4 Å². The van der Waals surface area contributed by atoms with Crippen LogP contribution in [0.4, 0.5) is 0 Å². The van der Waals surface area contributed by atoms with Crippen LogP contribution in [0.1, 0.15) is 44.1 Å². The Morgan fingerprint density at radius 3 is 2.35 bits per heavy atom. The molecule has 0 spiro atoms. The smallest absolute Gasteiger partial charge is 0.305 e. The van der Waals surface area contributed by atoms with Gasteiger partial charge in [-0.05, 0) is 24.8 Å². The summed E-state index contributed by atoms with van der Waals surface area (Å²) in [6, 6.07) is 10.2. The lowest BCUT2D eigenvalue weighted by Gasteiger charge is -2.16. The predicted molar refractivity (Wildman–Crippen MR) is 95.6 cm³/mol. The molecule has 23 heavy (non-hydrogen) atoms. The number of rotatable bonds is 11. The Hall–Kier alpha value is -1.49. The lowest BCUT2D eigenvalue weighted by Crippen LogP contribution is -2.37. The maximum Gasteiger partial charge on any atom is 0.305 e. The van der Waals surface area contributed by atoms with E-state index in [2.05, 4.69) is 34.8 Å². The van der Waals surface area contributed by atoms with Gasteiger partial charge in [-0.3, -0.25) is 9.59 Å². The van der Waals surface area contributed by atoms with Gasteiger partial charge in [-0.25, -0.2) is 0 Å². The van der Waals surface area contributed by atoms with Crippen LogP contribution in [-0.2, 0) is 20.7 Å². The van der Waals surface area contributed by atoms with E-state index >= 15 is 0 Å². The van der Waals surface area contributed by atoms with Crippen molar-refractivity contribution in [1.29, 1.82) is 0 Å². The SMILES string of the molecule is COC(=O)CCCCCCC(=O)NC(CS)Cc1ccccc1. The molecule has 0 radical (unpaired) electrons. The molecule has 1 aromatic carbocycles. The van der Waals surface area contributed by atoms with Crippen LogP contribution in [0.15, 0.2) is 30.3 Å². The molecule has 1 aromatic rings. The normalized spacial score (nSPS) is 11.7. The highest BCUT2D eigenvalue weighted by Crippen LogP contribution is 2.08. The van der Waals surface area contributed by atoms with E-state index in [1.165, 1.54) is 12.7 Å². The summed E-state index contributed by atoms with van der Waals surface area (Å²) in [6.45, 7) is 0. The first-order chi connectivity index (χ1) is 11.2. The van der Waals surface area contributed by atoms with Crippen LogP contribution in [-0.4, -0.2) is 30.8 Å². The zero-order valence-corrected chi connectivity index (χ0v) is 14.7. The van der Waals surface area contributed by atoms with E-state index < -0.39 is 0 Å². The minimum absolute atomic E-state index is 0.0626. The van der Waals surface area contributed by atoms with Crippen molar-refractivity contribution in [3.05, 3.63) is 35.9 Å². The molecule has 0 aliphatic heterocycles. The average Bonchev–Trinajstić information content (AvgIpc) is 2.57. The lowest BCUT2D eigenvalue weighted by atomic mass is 10.1. The highest BCUT2D eigenvalue weighted by molar-refractivity contribution is 7.80. The average molecular weight is 337 g/mol. The Labute approximate surface area is 144 Å². The number of unbranched alkanes of at least 4 members (excludes halogenated alkanes) is 3. The molecule has 1 amide bonds. The summed E-state index contributed by atoms with van der Waals surface area (Å²) in [5.74, 6) is 0.535. The van der Waals surface area contributed by atoms with Crippen molar-refractivity contribution in [2.45, 2.75) is 51.0 Å². The van der Waals surface area contributed by atoms with E-state index in [1.54, 1.807) is 0 Å². The number of hydrogen-bond acceptors (Lipinski definition) is 4. The van der Waals surface area contributed by atoms with E-state index in [1.807, 2.05) is 18.2 Å². The number of carbonyl (C=O) groups excluding carboxylic acids is 2. The molecule has 4 nitrogen and oxygen atoms in total. The van der Waals surface area contributed by atoms with Gasteiger partial charge in [-0.15, -0.1) is 0 Å². The summed E-state index contributed by atoms with van der Waals surface area (Å²) in [5, 5.41) is 3.04. The lowest BCUT2D eigenvalue weighted by molar-refractivity contribution is -0.140. The number of benzene rings is 1. The van der Waals surface area contributed by atoms with Crippen molar-refractivity contribution in [3.8, 4) is 0 Å². The van der Waals surface area contributed by atoms with Crippen molar-refractivity contribution in [3.63, 3.8) is 0 Å². The zero-order chi connectivity index (χ0) is 16.9. The van der Waals surface area contributed by atoms with Gasteiger partial charge in [0.05, 0.1) is 7.11 Å². The number of thiol groups is 1. The molecule has 1 rings (SSSR count). The molecule has 0 fully saturated rings. The Morgan fingerprint density at radius 2 is 1.74 bits per heavy atom. The molecule has 1 unspecified atom stereocenters. The second-order valence-electron chi connectivity index (χ2n) is 5.63. The summed E-state index contributed by atoms with van der Waals surface area (Å²) in [4.78, 5) is 22.9. The van der Waals surface area contributed by atoms with Crippen LogP contribution < -0.4 is 5.32 Å². The molecule has 1 atom stereocenters. The van der Waals surface area contributed by atoms with E-state index in [0.29, 0.717) is 18.6 Å². The van der Waals surface area contributed by atoms with Crippen LogP contribution in [0.25, 0.3) is 0 Å². The minimum atomic E-state index is -0.166. The van der Waals surface area contributed by atoms with Gasteiger partial charge in [0.25, 0.3) is 0 Å². The summed E-state index contributed by atoms with van der Waals surface area (Å²) in [7, 11) is 1.40. The molecular weight excluding hydrogens is 310 g/mol. The van der Waals surface area contributed by atoms with Gasteiger partial charge in [0.2, 0.25) is 5.91 Å². The van der Waals surface area contributed by atoms with E-state index in [9.17, 15) is 9.59 Å². The Bertz CT molecular complexity index is 465. The second-order valence-corrected chi connectivity index (χ2v) is 5.99. The summed E-state index contributed by atoms with van der Waals surface area (Å²) in [6.07, 6.45) is 5.35. The van der Waals surface area contributed by atoms with Gasteiger partial charge in [0.15, 0.2) is 0 Å². The van der Waals surface area contributed by atoms with Gasteiger partial charge in [0.1, 0.15) is 0 Å². The standard InChI is InChI=1S/C18H27NO3S/c1-22-18(21)12-8-3-2-7-11-17(20)19-16(14-23)13-15-9-5-4-6-10-15/h4-6,9-10,16,23H,2-3,7-8,11-14H2,1H3,(H,19,20). The van der Waals surface area contributed by atoms with Crippen LogP contribution >= 0.6 is 12.6 Å². The number of methoxy groups -OCH3 is 1. The van der Waals surface area contributed by atoms with Gasteiger partial charge in [-0.2, -0.15) is 12.6 Å². The minimum Gasteiger partial charge on any atom is -0.469 e. The number of ether oxygens (including phenoxy) is 1. The number of hydrogen-bond donors (Lipinski definition) is 2. The molecule has 1 N–H and O–H groups in total. The maximum atomic E-state index is 12.0. The van der Waals surface area contributed by atoms with Gasteiger partial charge in [0, 0.05) is 24.6 Å². The molecule has 5 heteroatoms. The summed E-state index contributed by atoms with van der Waals surface area (Å²) in [5.41, 5.74) is 1.20. The second kappa shape index (κ2) is 12.0. The van der Waals surface area contributed by atoms with Gasteiger partial charge in [-0.1, -0.05) is 43.2 Å². The molecule has 0 aliphatic rings. The predicted octanol–water partition coefficient (Wildman–Crippen LogP) is 3.16. The molecule has 0 saturated heterocycles. The fraction of sp³-hybridized carbons (Fsp3) is 0.556. The molecule has 0 heterocycles. The largest absolute Gasteiger partial charge is 0.469 e. The van der Waals surface area contributed by atoms with Crippen molar-refractivity contribution in [2.75, 3.05) is 12.9 Å². The van der Waals surface area contributed by atoms with E-state index in [4.69, 9.17) is 0 Å². The van der Waals surface area contributed by atoms with E-state index in [0.717, 1.165) is 32.1 Å². The quantitative estimate of drug-likeness (QED) is 0.370. The third-order valence-electron chi connectivity index (χ3n) is 3.67. The molecule has 0 saturated carbocycles. The fourth-order valence-electron chi connectivity index (χ4n) is 2.37. The zero-order valence-electron chi connectivity index (χ0n) is 13.8. The molecular formula is C18H27NO3S. The number of nitrogens with one attached hydrogen (secondary N) is 1. The summed E-state index contributed by atoms with van der Waals surface area (Å²) >= 11 is 4.33. The van der Waals surface area contributed by atoms with Crippen molar-refractivity contribution in [1.82, 2.24) is 5.32 Å². The molecule has 128 valence electrons. The Kier molecular flexibility index (Phi) is 10.2. The first kappa shape index (κ1) is 19.6. The number of esters is 1. The molecule has 0 aliphatic carbocycles. The van der Waals surface area contributed by atoms with E-state index in [-0.39, 0.29) is 17.9 Å². The number of amides is 1. The highest BCUT2D eigenvalue weighted by Gasteiger charge is 2.11. The third-order valence-corrected chi connectivity index (χ3v) is 4.11. The number of carbonyl (C=O) groups is 2. The first-order valence-corrected chi connectivity index (χ1v) is 8.80. The first-order valence-electron chi connectivity index (χ1n) is 8.16.